The molecule has 16 heavy (non-hydrogen) atoms. The Labute approximate surface area is 104 Å². The molecule has 0 amide bonds. The van der Waals surface area contributed by atoms with Crippen molar-refractivity contribution in [3.63, 3.8) is 0 Å². The Bertz CT molecular complexity index is 278. The van der Waals surface area contributed by atoms with E-state index in [1.165, 1.54) is 36.6 Å². The molecule has 3 heteroatoms. The molecule has 0 spiro atoms. The fraction of sp³-hybridized carbons (Fsp3) is 0.923. The van der Waals surface area contributed by atoms with Gasteiger partial charge in [0.2, 0.25) is 0 Å². The van der Waals surface area contributed by atoms with Gasteiger partial charge in [0.15, 0.2) is 5.17 Å². The normalized spacial score (nSPS) is 26.1. The van der Waals surface area contributed by atoms with Gasteiger partial charge in [-0.2, -0.15) is 0 Å². The van der Waals surface area contributed by atoms with Gasteiger partial charge in [-0.1, -0.05) is 32.5 Å². The van der Waals surface area contributed by atoms with Crippen LogP contribution in [0, 0.1) is 10.8 Å². The fourth-order valence-electron chi connectivity index (χ4n) is 2.02. The number of hydrogen-bond acceptors (Lipinski definition) is 3. The lowest BCUT2D eigenvalue weighted by Crippen LogP contribution is -2.36. The smallest absolute Gasteiger partial charge is 0.156 e. The first kappa shape index (κ1) is 12.3. The minimum absolute atomic E-state index is 0.472. The summed E-state index contributed by atoms with van der Waals surface area (Å²) < 4.78 is 0. The van der Waals surface area contributed by atoms with Crippen LogP contribution >= 0.6 is 11.8 Å². The monoisotopic (exact) mass is 240 g/mol. The molecule has 1 aliphatic carbocycles. The first-order chi connectivity index (χ1) is 7.61. The van der Waals surface area contributed by atoms with Crippen LogP contribution in [0.1, 0.15) is 46.5 Å². The Balaban J connectivity index is 1.83. The Morgan fingerprint density at radius 2 is 2.00 bits per heavy atom. The number of nitrogens with one attached hydrogen (secondary N) is 1. The van der Waals surface area contributed by atoms with Gasteiger partial charge in [0.05, 0.1) is 0 Å². The molecule has 2 aliphatic rings. The van der Waals surface area contributed by atoms with Crippen molar-refractivity contribution in [3.8, 4) is 0 Å². The predicted molar refractivity (Wildman–Crippen MR) is 73.1 cm³/mol. The molecule has 92 valence electrons. The first-order valence-corrected chi connectivity index (χ1v) is 7.51. The van der Waals surface area contributed by atoms with E-state index in [1.54, 1.807) is 0 Å². The minimum atomic E-state index is 0.472. The molecule has 1 N–H and O–H groups in total. The molecule has 1 heterocycles. The maximum atomic E-state index is 4.72. The van der Waals surface area contributed by atoms with E-state index in [0.29, 0.717) is 10.8 Å². The summed E-state index contributed by atoms with van der Waals surface area (Å²) in [7, 11) is 0. The highest BCUT2D eigenvalue weighted by Gasteiger charge is 2.37. The highest BCUT2D eigenvalue weighted by molar-refractivity contribution is 8.13. The zero-order valence-electron chi connectivity index (χ0n) is 10.8. The van der Waals surface area contributed by atoms with Crippen LogP contribution < -0.4 is 5.32 Å². The third-order valence-electron chi connectivity index (χ3n) is 4.34. The van der Waals surface area contributed by atoms with Crippen LogP contribution in [0.25, 0.3) is 0 Å². The number of thioether (sulfide) groups is 1. The van der Waals surface area contributed by atoms with E-state index in [9.17, 15) is 0 Å². The van der Waals surface area contributed by atoms with Crippen molar-refractivity contribution in [2.45, 2.75) is 46.5 Å². The zero-order valence-corrected chi connectivity index (χ0v) is 11.6. The first-order valence-electron chi connectivity index (χ1n) is 6.53. The molecule has 0 aromatic heterocycles. The molecule has 0 aromatic carbocycles. The van der Waals surface area contributed by atoms with Crippen molar-refractivity contribution < 1.29 is 0 Å². The van der Waals surface area contributed by atoms with E-state index in [2.05, 4.69) is 26.1 Å². The Kier molecular flexibility index (Phi) is 3.53. The molecular weight excluding hydrogens is 216 g/mol. The lowest BCUT2D eigenvalue weighted by atomic mass is 9.84. The molecule has 0 saturated heterocycles. The highest BCUT2D eigenvalue weighted by Crippen LogP contribution is 2.44. The zero-order chi connectivity index (χ0) is 11.6. The van der Waals surface area contributed by atoms with Crippen molar-refractivity contribution in [2.75, 3.05) is 18.8 Å². The number of aliphatic imine (C=N–C) groups is 1. The van der Waals surface area contributed by atoms with Crippen LogP contribution in [0.15, 0.2) is 4.99 Å². The summed E-state index contributed by atoms with van der Waals surface area (Å²) in [5, 5.41) is 4.71. The van der Waals surface area contributed by atoms with E-state index in [1.807, 2.05) is 11.8 Å². The number of rotatable bonds is 4. The van der Waals surface area contributed by atoms with E-state index >= 15 is 0 Å². The summed E-state index contributed by atoms with van der Waals surface area (Å²) in [6, 6.07) is 0. The van der Waals surface area contributed by atoms with Gasteiger partial charge in [-0.15, -0.1) is 0 Å². The van der Waals surface area contributed by atoms with E-state index in [0.717, 1.165) is 13.1 Å². The molecule has 0 bridgehead atoms. The van der Waals surface area contributed by atoms with Gasteiger partial charge in [0, 0.05) is 18.8 Å². The predicted octanol–water partition coefficient (Wildman–Crippen LogP) is 3.29. The molecule has 2 nitrogen and oxygen atoms in total. The van der Waals surface area contributed by atoms with Crippen LogP contribution in [0.2, 0.25) is 0 Å². The van der Waals surface area contributed by atoms with Gasteiger partial charge >= 0.3 is 0 Å². The fourth-order valence-corrected chi connectivity index (χ4v) is 3.29. The third kappa shape index (κ3) is 2.73. The lowest BCUT2D eigenvalue weighted by molar-refractivity contribution is 0.318. The maximum Gasteiger partial charge on any atom is 0.156 e. The van der Waals surface area contributed by atoms with Crippen molar-refractivity contribution in [2.24, 2.45) is 15.8 Å². The molecule has 0 radical (unpaired) electrons. The van der Waals surface area contributed by atoms with Crippen LogP contribution in [0.3, 0.4) is 0 Å². The summed E-state index contributed by atoms with van der Waals surface area (Å²) in [6.45, 7) is 9.08. The summed E-state index contributed by atoms with van der Waals surface area (Å²) in [6.07, 6.45) is 5.27. The second-order valence-corrected chi connectivity index (χ2v) is 6.75. The van der Waals surface area contributed by atoms with Gasteiger partial charge in [-0.3, -0.25) is 4.99 Å². The largest absolute Gasteiger partial charge is 0.364 e. The molecule has 1 aliphatic heterocycles. The number of nitrogens with zero attached hydrogens (tertiary/aromatic N) is 1. The SMILES string of the molecule is CCC1(CC)CN=C(NCC2(C)CC2)SC1. The van der Waals surface area contributed by atoms with Crippen molar-refractivity contribution >= 4 is 16.9 Å². The van der Waals surface area contributed by atoms with Gasteiger partial charge in [0.25, 0.3) is 0 Å². The Morgan fingerprint density at radius 3 is 2.44 bits per heavy atom. The molecular formula is C13H24N2S. The Morgan fingerprint density at radius 1 is 1.31 bits per heavy atom. The second kappa shape index (κ2) is 4.59. The van der Waals surface area contributed by atoms with Crippen LogP contribution in [-0.4, -0.2) is 24.0 Å². The van der Waals surface area contributed by atoms with Crippen LogP contribution in [0.5, 0.6) is 0 Å². The molecule has 0 aromatic rings. The van der Waals surface area contributed by atoms with Crippen LogP contribution in [-0.2, 0) is 0 Å². The summed E-state index contributed by atoms with van der Waals surface area (Å²) in [4.78, 5) is 4.72. The van der Waals surface area contributed by atoms with Crippen molar-refractivity contribution in [1.82, 2.24) is 5.32 Å². The van der Waals surface area contributed by atoms with E-state index < -0.39 is 0 Å². The molecule has 0 atom stereocenters. The van der Waals surface area contributed by atoms with Gasteiger partial charge in [0.1, 0.15) is 0 Å². The minimum Gasteiger partial charge on any atom is -0.364 e. The van der Waals surface area contributed by atoms with Gasteiger partial charge in [-0.05, 0) is 36.5 Å². The average molecular weight is 240 g/mol. The maximum absolute atomic E-state index is 4.72. The molecule has 1 saturated carbocycles. The molecule has 1 fully saturated rings. The van der Waals surface area contributed by atoms with Crippen molar-refractivity contribution in [1.29, 1.82) is 0 Å². The number of hydrogen-bond donors (Lipinski definition) is 1. The second-order valence-electron chi connectivity index (χ2n) is 5.78. The highest BCUT2D eigenvalue weighted by atomic mass is 32.2. The average Bonchev–Trinajstić information content (AvgIpc) is 3.06. The summed E-state index contributed by atoms with van der Waals surface area (Å²) >= 11 is 1.93. The van der Waals surface area contributed by atoms with E-state index in [-0.39, 0.29) is 0 Å². The molecule has 2 rings (SSSR count). The quantitative estimate of drug-likeness (QED) is 0.815. The summed E-state index contributed by atoms with van der Waals surface area (Å²) in [5.74, 6) is 1.24. The lowest BCUT2D eigenvalue weighted by Gasteiger charge is -2.33. The Hall–Kier alpha value is -0.180. The van der Waals surface area contributed by atoms with Gasteiger partial charge in [-0.25, -0.2) is 0 Å². The van der Waals surface area contributed by atoms with Crippen molar-refractivity contribution in [3.05, 3.63) is 0 Å². The third-order valence-corrected chi connectivity index (χ3v) is 5.65. The van der Waals surface area contributed by atoms with Crippen LogP contribution in [0.4, 0.5) is 0 Å². The van der Waals surface area contributed by atoms with Gasteiger partial charge < -0.3 is 5.32 Å². The standard InChI is InChI=1S/C13H24N2S/c1-4-13(5-2)9-15-11(16-10-13)14-8-12(3)6-7-12/h4-10H2,1-3H3,(H,14,15). The molecule has 0 unspecified atom stereocenters. The van der Waals surface area contributed by atoms with E-state index in [4.69, 9.17) is 4.99 Å². The summed E-state index contributed by atoms with van der Waals surface area (Å²) in [5.41, 5.74) is 1.05. The number of amidine groups is 1. The topological polar surface area (TPSA) is 24.4 Å².